The first-order chi connectivity index (χ1) is 13.3. The van der Waals surface area contributed by atoms with Crippen LogP contribution in [0.2, 0.25) is 0 Å². The molecule has 0 heterocycles. The number of ether oxygens (including phenoxy) is 1. The Labute approximate surface area is 164 Å². The van der Waals surface area contributed by atoms with Crippen LogP contribution in [0.4, 0.5) is 11.4 Å². The summed E-state index contributed by atoms with van der Waals surface area (Å²) < 4.78 is 31.4. The third-order valence-corrected chi connectivity index (χ3v) is 5.99. The SMILES string of the molecule is CCN(CC)S(=O)(=O)c1cccc(NC(=O)COC(=O)c2ccc(N)cc2)c1. The lowest BCUT2D eigenvalue weighted by molar-refractivity contribution is -0.119. The number of esters is 1. The number of hydrogen-bond donors (Lipinski definition) is 2. The van der Waals surface area contributed by atoms with Crippen molar-refractivity contribution < 1.29 is 22.7 Å². The quantitative estimate of drug-likeness (QED) is 0.513. The number of hydrogen-bond acceptors (Lipinski definition) is 6. The van der Waals surface area contributed by atoms with Crippen molar-refractivity contribution >= 4 is 33.3 Å². The second kappa shape index (κ2) is 9.34. The fourth-order valence-corrected chi connectivity index (χ4v) is 3.98. The summed E-state index contributed by atoms with van der Waals surface area (Å²) in [5, 5.41) is 2.53. The van der Waals surface area contributed by atoms with Crippen LogP contribution in [0.5, 0.6) is 0 Å². The molecule has 0 saturated carbocycles. The number of nitrogens with two attached hydrogens (primary N) is 1. The average molecular weight is 405 g/mol. The number of carbonyl (C=O) groups excluding carboxylic acids is 2. The van der Waals surface area contributed by atoms with Gasteiger partial charge in [0, 0.05) is 24.5 Å². The van der Waals surface area contributed by atoms with E-state index in [1.165, 1.54) is 34.6 Å². The first-order valence-corrected chi connectivity index (χ1v) is 10.1. The van der Waals surface area contributed by atoms with Crippen LogP contribution in [0.1, 0.15) is 24.2 Å². The maximum Gasteiger partial charge on any atom is 0.338 e. The number of benzene rings is 2. The molecule has 0 aliphatic rings. The molecule has 0 unspecified atom stereocenters. The lowest BCUT2D eigenvalue weighted by atomic mass is 10.2. The van der Waals surface area contributed by atoms with Crippen molar-refractivity contribution in [3.63, 3.8) is 0 Å². The van der Waals surface area contributed by atoms with Gasteiger partial charge in [-0.3, -0.25) is 4.79 Å². The summed E-state index contributed by atoms with van der Waals surface area (Å²) in [7, 11) is -3.64. The molecule has 1 amide bonds. The molecule has 8 nitrogen and oxygen atoms in total. The van der Waals surface area contributed by atoms with Crippen LogP contribution < -0.4 is 11.1 Å². The third-order valence-electron chi connectivity index (χ3n) is 3.94. The van der Waals surface area contributed by atoms with Gasteiger partial charge in [0.25, 0.3) is 5.91 Å². The molecule has 2 aromatic rings. The van der Waals surface area contributed by atoms with E-state index in [0.717, 1.165) is 0 Å². The van der Waals surface area contributed by atoms with E-state index in [0.29, 0.717) is 24.5 Å². The van der Waals surface area contributed by atoms with Gasteiger partial charge in [-0.05, 0) is 42.5 Å². The minimum atomic E-state index is -3.64. The molecular weight excluding hydrogens is 382 g/mol. The number of nitrogens with one attached hydrogen (secondary N) is 1. The molecule has 0 aliphatic heterocycles. The van der Waals surface area contributed by atoms with Gasteiger partial charge in [0.15, 0.2) is 6.61 Å². The molecule has 0 bridgehead atoms. The molecule has 2 rings (SSSR count). The van der Waals surface area contributed by atoms with E-state index in [1.807, 2.05) is 0 Å². The van der Waals surface area contributed by atoms with Crippen molar-refractivity contribution in [2.24, 2.45) is 0 Å². The highest BCUT2D eigenvalue weighted by Gasteiger charge is 2.22. The van der Waals surface area contributed by atoms with E-state index in [4.69, 9.17) is 10.5 Å². The minimum absolute atomic E-state index is 0.0767. The zero-order valence-electron chi connectivity index (χ0n) is 15.7. The molecule has 150 valence electrons. The van der Waals surface area contributed by atoms with Gasteiger partial charge in [0.1, 0.15) is 0 Å². The standard InChI is InChI=1S/C19H23N3O5S/c1-3-22(4-2)28(25,26)17-7-5-6-16(12-17)21-18(23)13-27-19(24)14-8-10-15(20)11-9-14/h5-12H,3-4,13,20H2,1-2H3,(H,21,23). The van der Waals surface area contributed by atoms with E-state index < -0.39 is 28.5 Å². The number of rotatable bonds is 8. The molecular formula is C19H23N3O5S. The number of anilines is 2. The largest absolute Gasteiger partial charge is 0.452 e. The van der Waals surface area contributed by atoms with Gasteiger partial charge in [-0.1, -0.05) is 19.9 Å². The molecule has 0 spiro atoms. The van der Waals surface area contributed by atoms with Crippen molar-refractivity contribution in [3.8, 4) is 0 Å². The number of nitrogen functional groups attached to an aromatic ring is 1. The van der Waals surface area contributed by atoms with Gasteiger partial charge >= 0.3 is 5.97 Å². The van der Waals surface area contributed by atoms with Crippen LogP contribution >= 0.6 is 0 Å². The fraction of sp³-hybridized carbons (Fsp3) is 0.263. The Bertz CT molecular complexity index is 938. The number of amides is 1. The van der Waals surface area contributed by atoms with Crippen LogP contribution in [0, 0.1) is 0 Å². The second-order valence-corrected chi connectivity index (χ2v) is 7.80. The van der Waals surface area contributed by atoms with E-state index in [-0.39, 0.29) is 10.5 Å². The topological polar surface area (TPSA) is 119 Å². The normalized spacial score (nSPS) is 11.2. The fourth-order valence-electron chi connectivity index (χ4n) is 2.48. The van der Waals surface area contributed by atoms with Gasteiger partial charge in [-0.25, -0.2) is 13.2 Å². The Hall–Kier alpha value is -2.91. The van der Waals surface area contributed by atoms with Crippen LogP contribution in [0.15, 0.2) is 53.4 Å². The Morgan fingerprint density at radius 1 is 1.07 bits per heavy atom. The van der Waals surface area contributed by atoms with E-state index in [2.05, 4.69) is 5.32 Å². The van der Waals surface area contributed by atoms with Crippen LogP contribution in [0.3, 0.4) is 0 Å². The van der Waals surface area contributed by atoms with Crippen molar-refractivity contribution in [1.29, 1.82) is 0 Å². The van der Waals surface area contributed by atoms with E-state index in [9.17, 15) is 18.0 Å². The summed E-state index contributed by atoms with van der Waals surface area (Å²) in [5.41, 5.74) is 6.63. The highest BCUT2D eigenvalue weighted by Crippen LogP contribution is 2.19. The monoisotopic (exact) mass is 405 g/mol. The van der Waals surface area contributed by atoms with E-state index >= 15 is 0 Å². The third kappa shape index (κ3) is 5.30. The summed E-state index contributed by atoms with van der Waals surface area (Å²) in [6.07, 6.45) is 0. The number of carbonyl (C=O) groups is 2. The maximum absolute atomic E-state index is 12.6. The van der Waals surface area contributed by atoms with Gasteiger partial charge < -0.3 is 15.8 Å². The molecule has 0 radical (unpaired) electrons. The summed E-state index contributed by atoms with van der Waals surface area (Å²) >= 11 is 0. The predicted octanol–water partition coefficient (Wildman–Crippen LogP) is 2.09. The molecule has 0 aliphatic carbocycles. The Morgan fingerprint density at radius 2 is 1.71 bits per heavy atom. The lowest BCUT2D eigenvalue weighted by Crippen LogP contribution is -2.30. The van der Waals surface area contributed by atoms with Gasteiger partial charge in [-0.15, -0.1) is 0 Å². The number of sulfonamides is 1. The number of nitrogens with zero attached hydrogens (tertiary/aromatic N) is 1. The maximum atomic E-state index is 12.6. The molecule has 2 aromatic carbocycles. The van der Waals surface area contributed by atoms with Crippen LogP contribution in [-0.2, 0) is 19.6 Å². The van der Waals surface area contributed by atoms with Crippen molar-refractivity contribution in [2.75, 3.05) is 30.7 Å². The molecule has 0 atom stereocenters. The average Bonchev–Trinajstić information content (AvgIpc) is 2.67. The van der Waals surface area contributed by atoms with Gasteiger partial charge in [0.05, 0.1) is 10.5 Å². The molecule has 0 saturated heterocycles. The first-order valence-electron chi connectivity index (χ1n) is 8.70. The molecule has 9 heteroatoms. The Morgan fingerprint density at radius 3 is 2.32 bits per heavy atom. The molecule has 0 fully saturated rings. The van der Waals surface area contributed by atoms with Gasteiger partial charge in [-0.2, -0.15) is 4.31 Å². The van der Waals surface area contributed by atoms with Crippen LogP contribution in [-0.4, -0.2) is 44.3 Å². The zero-order chi connectivity index (χ0) is 20.7. The van der Waals surface area contributed by atoms with Crippen molar-refractivity contribution in [3.05, 3.63) is 54.1 Å². The summed E-state index contributed by atoms with van der Waals surface area (Å²) in [5.74, 6) is -1.24. The zero-order valence-corrected chi connectivity index (χ0v) is 16.5. The summed E-state index contributed by atoms with van der Waals surface area (Å²) in [6.45, 7) is 3.69. The molecule has 3 N–H and O–H groups in total. The second-order valence-electron chi connectivity index (χ2n) is 5.86. The molecule has 28 heavy (non-hydrogen) atoms. The van der Waals surface area contributed by atoms with E-state index in [1.54, 1.807) is 32.0 Å². The lowest BCUT2D eigenvalue weighted by Gasteiger charge is -2.18. The Kier molecular flexibility index (Phi) is 7.13. The predicted molar refractivity (Wildman–Crippen MR) is 106 cm³/mol. The van der Waals surface area contributed by atoms with Crippen molar-refractivity contribution in [1.82, 2.24) is 4.31 Å². The summed E-state index contributed by atoms with van der Waals surface area (Å²) in [6, 6.07) is 12.0. The Balaban J connectivity index is 2.01. The minimum Gasteiger partial charge on any atom is -0.452 e. The van der Waals surface area contributed by atoms with Crippen LogP contribution in [0.25, 0.3) is 0 Å². The highest BCUT2D eigenvalue weighted by atomic mass is 32.2. The smallest absolute Gasteiger partial charge is 0.338 e. The highest BCUT2D eigenvalue weighted by molar-refractivity contribution is 7.89. The summed E-state index contributed by atoms with van der Waals surface area (Å²) in [4.78, 5) is 24.0. The van der Waals surface area contributed by atoms with Gasteiger partial charge in [0.2, 0.25) is 10.0 Å². The van der Waals surface area contributed by atoms with Crippen molar-refractivity contribution in [2.45, 2.75) is 18.7 Å². The molecule has 0 aromatic heterocycles. The first kappa shape index (κ1) is 21.4.